The molecular weight excluding hydrogens is 188 g/mol. The lowest BCUT2D eigenvalue weighted by molar-refractivity contribution is 0.141. The molecule has 2 heteroatoms. The van der Waals surface area contributed by atoms with Gasteiger partial charge >= 0.3 is 0 Å². The van der Waals surface area contributed by atoms with Crippen molar-refractivity contribution in [3.63, 3.8) is 0 Å². The molecule has 0 N–H and O–H groups in total. The zero-order valence-corrected chi connectivity index (χ0v) is 12.3. The molecular formula is C12H26OSi. The summed E-state index contributed by atoms with van der Waals surface area (Å²) in [6, 6.07) is 0. The Kier molecular flexibility index (Phi) is 5.68. The highest BCUT2D eigenvalue weighted by Gasteiger charge is 2.11. The summed E-state index contributed by atoms with van der Waals surface area (Å²) in [5.41, 5.74) is 3.96. The molecule has 0 rings (SSSR count). The zero-order valence-electron chi connectivity index (χ0n) is 10.8. The quantitative estimate of drug-likeness (QED) is 0.654. The monoisotopic (exact) mass is 214 g/mol. The molecule has 1 nitrogen and oxygen atoms in total. The lowest BCUT2D eigenvalue weighted by Gasteiger charge is -2.21. The third-order valence-electron chi connectivity index (χ3n) is 2.17. The molecule has 0 aliphatic carbocycles. The third kappa shape index (κ3) is 6.38. The van der Waals surface area contributed by atoms with Crippen LogP contribution in [-0.4, -0.2) is 15.4 Å². The van der Waals surface area contributed by atoms with Gasteiger partial charge in [0.05, 0.1) is 0 Å². The molecule has 0 atom stereocenters. The highest BCUT2D eigenvalue weighted by Crippen LogP contribution is 2.19. The third-order valence-corrected chi connectivity index (χ3v) is 3.84. The first kappa shape index (κ1) is 13.9. The van der Waals surface area contributed by atoms with Gasteiger partial charge in [0.2, 0.25) is 0 Å². The Morgan fingerprint density at radius 2 is 1.50 bits per heavy atom. The second-order valence-electron chi connectivity index (χ2n) is 5.44. The van der Waals surface area contributed by atoms with Gasteiger partial charge in [-0.25, -0.2) is 0 Å². The van der Waals surface area contributed by atoms with Crippen molar-refractivity contribution in [1.82, 2.24) is 0 Å². The van der Waals surface area contributed by atoms with E-state index in [1.54, 1.807) is 5.57 Å². The minimum atomic E-state index is -0.488. The molecule has 0 aliphatic rings. The summed E-state index contributed by atoms with van der Waals surface area (Å²) in [7, 11) is -0.488. The van der Waals surface area contributed by atoms with Crippen molar-refractivity contribution in [2.75, 3.05) is 0 Å². The van der Waals surface area contributed by atoms with Gasteiger partial charge in [-0.05, 0) is 32.6 Å². The maximum atomic E-state index is 5.82. The van der Waals surface area contributed by atoms with Gasteiger partial charge in [0.15, 0.2) is 9.76 Å². The maximum Gasteiger partial charge on any atom is 0.185 e. The van der Waals surface area contributed by atoms with Crippen LogP contribution in [0.5, 0.6) is 0 Å². The number of allylic oxidation sites excluding steroid dienone is 1. The highest BCUT2D eigenvalue weighted by atomic mass is 28.2. The van der Waals surface area contributed by atoms with Crippen LogP contribution in [0.3, 0.4) is 0 Å². The molecule has 0 radical (unpaired) electrons. The van der Waals surface area contributed by atoms with Gasteiger partial charge in [-0.2, -0.15) is 0 Å². The van der Waals surface area contributed by atoms with Gasteiger partial charge in [-0.3, -0.25) is 0 Å². The predicted molar refractivity (Wildman–Crippen MR) is 67.1 cm³/mol. The van der Waals surface area contributed by atoms with Crippen LogP contribution in [0.25, 0.3) is 0 Å². The van der Waals surface area contributed by atoms with E-state index in [9.17, 15) is 0 Å². The fourth-order valence-electron chi connectivity index (χ4n) is 1.53. The lowest BCUT2D eigenvalue weighted by atomic mass is 9.95. The minimum Gasteiger partial charge on any atom is -0.415 e. The van der Waals surface area contributed by atoms with E-state index in [1.165, 1.54) is 0 Å². The Labute approximate surface area is 91.9 Å². The summed E-state index contributed by atoms with van der Waals surface area (Å²) in [5, 5.41) is 0. The van der Waals surface area contributed by atoms with Crippen LogP contribution in [0.1, 0.15) is 48.5 Å². The van der Waals surface area contributed by atoms with Crippen molar-refractivity contribution in [2.24, 2.45) is 11.8 Å². The van der Waals surface area contributed by atoms with E-state index in [1.807, 2.05) is 0 Å². The van der Waals surface area contributed by atoms with E-state index >= 15 is 0 Å². The fourth-order valence-corrected chi connectivity index (χ4v) is 3.24. The molecule has 0 aromatic carbocycles. The second-order valence-corrected chi connectivity index (χ2v) is 6.47. The molecule has 0 amide bonds. The van der Waals surface area contributed by atoms with Crippen LogP contribution in [0, 0.1) is 11.8 Å². The summed E-state index contributed by atoms with van der Waals surface area (Å²) in [6.07, 6.45) is 0. The first-order valence-electron chi connectivity index (χ1n) is 5.58. The van der Waals surface area contributed by atoms with Gasteiger partial charge in [-0.15, -0.1) is 0 Å². The lowest BCUT2D eigenvalue weighted by Crippen LogP contribution is -2.21. The van der Waals surface area contributed by atoms with Crippen LogP contribution >= 0.6 is 0 Å². The standard InChI is InChI=1S/C12H26OSi/c1-9(2)11(10(3)4)8-14-13-12(5,6)7/h8-10H,14H2,1-7H3. The first-order chi connectivity index (χ1) is 6.24. The first-order valence-corrected chi connectivity index (χ1v) is 6.97. The normalized spacial score (nSPS) is 13.2. The van der Waals surface area contributed by atoms with Crippen molar-refractivity contribution < 1.29 is 4.43 Å². The number of hydrogen-bond donors (Lipinski definition) is 0. The van der Waals surface area contributed by atoms with Gasteiger partial charge in [0.25, 0.3) is 0 Å². The molecule has 14 heavy (non-hydrogen) atoms. The number of rotatable bonds is 4. The van der Waals surface area contributed by atoms with Crippen LogP contribution in [0.4, 0.5) is 0 Å². The molecule has 0 aromatic heterocycles. The number of hydrogen-bond acceptors (Lipinski definition) is 1. The van der Waals surface area contributed by atoms with Gasteiger partial charge in [0, 0.05) is 5.60 Å². The molecule has 84 valence electrons. The Balaban J connectivity index is 4.19. The van der Waals surface area contributed by atoms with Gasteiger partial charge < -0.3 is 4.43 Å². The van der Waals surface area contributed by atoms with E-state index in [2.05, 4.69) is 54.2 Å². The summed E-state index contributed by atoms with van der Waals surface area (Å²) in [5.74, 6) is 1.32. The summed E-state index contributed by atoms with van der Waals surface area (Å²) >= 11 is 0. The Hall–Kier alpha value is -0.0831. The topological polar surface area (TPSA) is 9.23 Å². The van der Waals surface area contributed by atoms with Gasteiger partial charge in [0.1, 0.15) is 0 Å². The molecule has 0 bridgehead atoms. The van der Waals surface area contributed by atoms with E-state index < -0.39 is 9.76 Å². The molecule has 0 saturated carbocycles. The molecule has 0 aliphatic heterocycles. The van der Waals surface area contributed by atoms with Gasteiger partial charge in [-0.1, -0.05) is 39.0 Å². The summed E-state index contributed by atoms with van der Waals surface area (Å²) in [6.45, 7) is 15.4. The molecule has 0 fully saturated rings. The van der Waals surface area contributed by atoms with Crippen molar-refractivity contribution in [3.05, 3.63) is 11.3 Å². The molecule has 0 heterocycles. The fraction of sp³-hybridized carbons (Fsp3) is 0.833. The van der Waals surface area contributed by atoms with E-state index in [4.69, 9.17) is 4.43 Å². The Morgan fingerprint density at radius 1 is 1.07 bits per heavy atom. The van der Waals surface area contributed by atoms with Crippen molar-refractivity contribution in [2.45, 2.75) is 54.1 Å². The minimum absolute atomic E-state index is 0.0296. The molecule has 0 unspecified atom stereocenters. The summed E-state index contributed by atoms with van der Waals surface area (Å²) < 4.78 is 5.82. The van der Waals surface area contributed by atoms with Crippen LogP contribution < -0.4 is 0 Å². The highest BCUT2D eigenvalue weighted by molar-refractivity contribution is 6.34. The Morgan fingerprint density at radius 3 is 1.79 bits per heavy atom. The average molecular weight is 214 g/mol. The SMILES string of the molecule is CC(C)C(=C[SiH2]OC(C)(C)C)C(C)C. The van der Waals surface area contributed by atoms with Crippen LogP contribution in [0.2, 0.25) is 0 Å². The van der Waals surface area contributed by atoms with E-state index in [0.29, 0.717) is 11.8 Å². The summed E-state index contributed by atoms with van der Waals surface area (Å²) in [4.78, 5) is 0. The maximum absolute atomic E-state index is 5.82. The molecule has 0 spiro atoms. The second kappa shape index (κ2) is 5.71. The predicted octanol–water partition coefficient (Wildman–Crippen LogP) is 3.08. The van der Waals surface area contributed by atoms with Crippen LogP contribution in [-0.2, 0) is 4.43 Å². The zero-order chi connectivity index (χ0) is 11.4. The average Bonchev–Trinajstić information content (AvgIpc) is 1.94. The van der Waals surface area contributed by atoms with Crippen LogP contribution in [0.15, 0.2) is 11.3 Å². The van der Waals surface area contributed by atoms with Crippen molar-refractivity contribution >= 4 is 9.76 Å². The van der Waals surface area contributed by atoms with Crippen molar-refractivity contribution in [3.8, 4) is 0 Å². The van der Waals surface area contributed by atoms with E-state index in [-0.39, 0.29) is 5.60 Å². The molecule has 0 saturated heterocycles. The van der Waals surface area contributed by atoms with Crippen molar-refractivity contribution in [1.29, 1.82) is 0 Å². The van der Waals surface area contributed by atoms with E-state index in [0.717, 1.165) is 0 Å². The largest absolute Gasteiger partial charge is 0.415 e. The smallest absolute Gasteiger partial charge is 0.185 e. The Bertz CT molecular complexity index is 177. The molecule has 0 aromatic rings.